The molecule has 1 rings (SSSR count). The highest BCUT2D eigenvalue weighted by atomic mass is 16.5. The average Bonchev–Trinajstić information content (AvgIpc) is 2.33. The van der Waals surface area contributed by atoms with E-state index in [2.05, 4.69) is 27.5 Å². The number of hydrogen-bond donors (Lipinski definition) is 3. The molecule has 0 amide bonds. The van der Waals surface area contributed by atoms with Crippen LogP contribution in [0, 0.1) is 0 Å². The van der Waals surface area contributed by atoms with Crippen LogP contribution in [0.3, 0.4) is 0 Å². The van der Waals surface area contributed by atoms with Crippen molar-refractivity contribution in [2.75, 3.05) is 42.7 Å². The van der Waals surface area contributed by atoms with Gasteiger partial charge in [0.25, 0.3) is 0 Å². The van der Waals surface area contributed by atoms with Crippen LogP contribution >= 0.6 is 0 Å². The molecule has 0 unspecified atom stereocenters. The lowest BCUT2D eigenvalue weighted by Crippen LogP contribution is -2.10. The highest BCUT2D eigenvalue weighted by Gasteiger charge is 2.00. The molecule has 1 heterocycles. The molecule has 0 atom stereocenters. The van der Waals surface area contributed by atoms with E-state index in [0.717, 1.165) is 50.8 Å². The quantitative estimate of drug-likeness (QED) is 0.581. The van der Waals surface area contributed by atoms with Crippen LogP contribution in [0.2, 0.25) is 0 Å². The maximum Gasteiger partial charge on any atom is 0.223 e. The molecule has 4 N–H and O–H groups in total. The van der Waals surface area contributed by atoms with E-state index in [0.29, 0.717) is 0 Å². The van der Waals surface area contributed by atoms with Crippen molar-refractivity contribution in [1.82, 2.24) is 9.97 Å². The first-order chi connectivity index (χ1) is 8.76. The van der Waals surface area contributed by atoms with E-state index in [1.165, 1.54) is 0 Å². The topological polar surface area (TPSA) is 85.1 Å². The molecule has 0 saturated heterocycles. The molecule has 0 aromatic carbocycles. The first-order valence-electron chi connectivity index (χ1n) is 6.46. The standard InChI is InChI=1S/C12H23N5O/c1-3-7-18-8-5-6-15-11-9-10(14-4-2)16-12(13)17-11/h9H,3-8H2,1-2H3,(H4,13,14,15,16,17). The molecule has 1 aromatic heterocycles. The van der Waals surface area contributed by atoms with Crippen molar-refractivity contribution in [3.8, 4) is 0 Å². The molecular formula is C12H23N5O. The largest absolute Gasteiger partial charge is 0.381 e. The lowest BCUT2D eigenvalue weighted by molar-refractivity contribution is 0.134. The van der Waals surface area contributed by atoms with Gasteiger partial charge in [0.1, 0.15) is 11.6 Å². The molecule has 0 bridgehead atoms. The van der Waals surface area contributed by atoms with Crippen LogP contribution < -0.4 is 16.4 Å². The van der Waals surface area contributed by atoms with Crippen molar-refractivity contribution in [2.45, 2.75) is 26.7 Å². The van der Waals surface area contributed by atoms with Crippen molar-refractivity contribution in [1.29, 1.82) is 0 Å². The number of aromatic nitrogens is 2. The summed E-state index contributed by atoms with van der Waals surface area (Å²) < 4.78 is 5.40. The summed E-state index contributed by atoms with van der Waals surface area (Å²) in [5.74, 6) is 1.77. The average molecular weight is 253 g/mol. The third-order valence-corrected chi connectivity index (χ3v) is 2.22. The predicted molar refractivity (Wildman–Crippen MR) is 74.8 cm³/mol. The van der Waals surface area contributed by atoms with Gasteiger partial charge in [0.15, 0.2) is 0 Å². The van der Waals surface area contributed by atoms with Crippen LogP contribution in [0.1, 0.15) is 26.7 Å². The lowest BCUT2D eigenvalue weighted by Gasteiger charge is -2.09. The minimum atomic E-state index is 0.276. The van der Waals surface area contributed by atoms with Crippen LogP contribution in [0.25, 0.3) is 0 Å². The van der Waals surface area contributed by atoms with Crippen molar-refractivity contribution in [3.63, 3.8) is 0 Å². The Morgan fingerprint density at radius 2 is 1.89 bits per heavy atom. The minimum Gasteiger partial charge on any atom is -0.381 e. The summed E-state index contributed by atoms with van der Waals surface area (Å²) in [5.41, 5.74) is 5.63. The van der Waals surface area contributed by atoms with Gasteiger partial charge in [-0.25, -0.2) is 0 Å². The molecule has 0 aliphatic rings. The summed E-state index contributed by atoms with van der Waals surface area (Å²) in [7, 11) is 0. The molecule has 0 fully saturated rings. The number of nitrogens with zero attached hydrogens (tertiary/aromatic N) is 2. The molecule has 0 aliphatic heterocycles. The van der Waals surface area contributed by atoms with Crippen molar-refractivity contribution < 1.29 is 4.74 Å². The number of anilines is 3. The Balaban J connectivity index is 2.32. The Morgan fingerprint density at radius 1 is 1.17 bits per heavy atom. The molecule has 102 valence electrons. The van der Waals surface area contributed by atoms with E-state index in [9.17, 15) is 0 Å². The second kappa shape index (κ2) is 8.52. The monoisotopic (exact) mass is 253 g/mol. The van der Waals surface area contributed by atoms with E-state index in [1.807, 2.05) is 13.0 Å². The van der Waals surface area contributed by atoms with Gasteiger partial charge in [-0.2, -0.15) is 9.97 Å². The second-order valence-corrected chi connectivity index (χ2v) is 3.92. The molecular weight excluding hydrogens is 230 g/mol. The number of nitrogen functional groups attached to an aromatic ring is 1. The van der Waals surface area contributed by atoms with E-state index in [4.69, 9.17) is 10.5 Å². The van der Waals surface area contributed by atoms with Crippen LogP contribution in [0.4, 0.5) is 17.6 Å². The zero-order valence-corrected chi connectivity index (χ0v) is 11.2. The van der Waals surface area contributed by atoms with E-state index < -0.39 is 0 Å². The molecule has 0 radical (unpaired) electrons. The fraction of sp³-hybridized carbons (Fsp3) is 0.667. The Kier molecular flexibility index (Phi) is 6.86. The highest BCUT2D eigenvalue weighted by Crippen LogP contribution is 2.11. The Bertz CT molecular complexity index is 345. The first kappa shape index (κ1) is 14.5. The van der Waals surface area contributed by atoms with E-state index in [-0.39, 0.29) is 5.95 Å². The summed E-state index contributed by atoms with van der Waals surface area (Å²) in [4.78, 5) is 8.21. The number of hydrogen-bond acceptors (Lipinski definition) is 6. The van der Waals surface area contributed by atoms with Crippen molar-refractivity contribution in [2.24, 2.45) is 0 Å². The summed E-state index contributed by atoms with van der Waals surface area (Å²) >= 11 is 0. The maximum absolute atomic E-state index is 5.63. The van der Waals surface area contributed by atoms with Gasteiger partial charge in [0, 0.05) is 32.4 Å². The minimum absolute atomic E-state index is 0.276. The second-order valence-electron chi connectivity index (χ2n) is 3.92. The lowest BCUT2D eigenvalue weighted by atomic mass is 10.4. The van der Waals surface area contributed by atoms with Crippen molar-refractivity contribution >= 4 is 17.6 Å². The van der Waals surface area contributed by atoms with Gasteiger partial charge in [0.2, 0.25) is 5.95 Å². The Hall–Kier alpha value is -1.56. The molecule has 6 heteroatoms. The van der Waals surface area contributed by atoms with E-state index >= 15 is 0 Å². The Morgan fingerprint density at radius 3 is 2.56 bits per heavy atom. The fourth-order valence-electron chi connectivity index (χ4n) is 1.47. The van der Waals surface area contributed by atoms with Gasteiger partial charge in [-0.15, -0.1) is 0 Å². The van der Waals surface area contributed by atoms with Gasteiger partial charge in [-0.05, 0) is 19.8 Å². The number of nitrogens with two attached hydrogens (primary N) is 1. The van der Waals surface area contributed by atoms with Crippen LogP contribution in [-0.4, -0.2) is 36.3 Å². The fourth-order valence-corrected chi connectivity index (χ4v) is 1.47. The number of ether oxygens (including phenoxy) is 1. The highest BCUT2D eigenvalue weighted by molar-refractivity contribution is 5.50. The number of rotatable bonds is 9. The molecule has 0 saturated carbocycles. The molecule has 1 aromatic rings. The third-order valence-electron chi connectivity index (χ3n) is 2.22. The third kappa shape index (κ3) is 5.67. The smallest absolute Gasteiger partial charge is 0.223 e. The van der Waals surface area contributed by atoms with Crippen LogP contribution in [0.5, 0.6) is 0 Å². The van der Waals surface area contributed by atoms with Crippen LogP contribution in [-0.2, 0) is 4.74 Å². The molecule has 0 aliphatic carbocycles. The molecule has 6 nitrogen and oxygen atoms in total. The van der Waals surface area contributed by atoms with Crippen molar-refractivity contribution in [3.05, 3.63) is 6.07 Å². The molecule has 0 spiro atoms. The SMILES string of the molecule is CCCOCCCNc1cc(NCC)nc(N)n1. The zero-order chi connectivity index (χ0) is 13.2. The van der Waals surface area contributed by atoms with Gasteiger partial charge >= 0.3 is 0 Å². The molecule has 18 heavy (non-hydrogen) atoms. The normalized spacial score (nSPS) is 10.3. The summed E-state index contributed by atoms with van der Waals surface area (Å²) in [5, 5.41) is 6.32. The summed E-state index contributed by atoms with van der Waals surface area (Å²) in [6.45, 7) is 7.32. The van der Waals surface area contributed by atoms with Gasteiger partial charge in [-0.1, -0.05) is 6.92 Å². The zero-order valence-electron chi connectivity index (χ0n) is 11.2. The Labute approximate surface area is 108 Å². The predicted octanol–water partition coefficient (Wildman–Crippen LogP) is 1.72. The number of nitrogens with one attached hydrogen (secondary N) is 2. The maximum atomic E-state index is 5.63. The van der Waals surface area contributed by atoms with E-state index in [1.54, 1.807) is 0 Å². The summed E-state index contributed by atoms with van der Waals surface area (Å²) in [6.07, 6.45) is 2.00. The van der Waals surface area contributed by atoms with Crippen LogP contribution in [0.15, 0.2) is 6.07 Å². The van der Waals surface area contributed by atoms with Gasteiger partial charge < -0.3 is 21.1 Å². The van der Waals surface area contributed by atoms with Gasteiger partial charge in [0.05, 0.1) is 0 Å². The first-order valence-corrected chi connectivity index (χ1v) is 6.46. The van der Waals surface area contributed by atoms with Gasteiger partial charge in [-0.3, -0.25) is 0 Å². The summed E-state index contributed by atoms with van der Waals surface area (Å²) in [6, 6.07) is 1.85.